The second kappa shape index (κ2) is 7.47. The number of hydrogen-bond acceptors (Lipinski definition) is 0. The van der Waals surface area contributed by atoms with Gasteiger partial charge in [-0.05, 0) is 36.3 Å². The van der Waals surface area contributed by atoms with Crippen molar-refractivity contribution in [2.75, 3.05) is 0 Å². The van der Waals surface area contributed by atoms with Gasteiger partial charge in [0.25, 0.3) is 0 Å². The van der Waals surface area contributed by atoms with Crippen molar-refractivity contribution >= 4 is 0 Å². The SMILES string of the molecule is CC(C)CCCC(C)CCc1ccccc1F. The molecular weight excluding hydrogens is 211 g/mol. The molecule has 0 aliphatic carbocycles. The van der Waals surface area contributed by atoms with Crippen LogP contribution in [-0.2, 0) is 6.42 Å². The van der Waals surface area contributed by atoms with Crippen LogP contribution in [0.25, 0.3) is 0 Å². The minimum Gasteiger partial charge on any atom is -0.207 e. The first-order valence-corrected chi connectivity index (χ1v) is 6.83. The molecule has 0 aliphatic rings. The Labute approximate surface area is 105 Å². The standard InChI is InChI=1S/C16H25F/c1-13(2)7-6-8-14(3)11-12-15-9-4-5-10-16(15)17/h4-5,9-10,13-14H,6-8,11-12H2,1-3H3. The van der Waals surface area contributed by atoms with E-state index in [1.54, 1.807) is 12.1 Å². The molecule has 0 aliphatic heterocycles. The molecule has 0 amide bonds. The summed E-state index contributed by atoms with van der Waals surface area (Å²) in [6.45, 7) is 6.81. The van der Waals surface area contributed by atoms with Crippen LogP contribution in [0.2, 0.25) is 0 Å². The van der Waals surface area contributed by atoms with Gasteiger partial charge in [-0.15, -0.1) is 0 Å². The van der Waals surface area contributed by atoms with Gasteiger partial charge in [-0.25, -0.2) is 4.39 Å². The molecular formula is C16H25F. The molecule has 1 heteroatoms. The fraction of sp³-hybridized carbons (Fsp3) is 0.625. The summed E-state index contributed by atoms with van der Waals surface area (Å²) in [5.74, 6) is 1.45. The maximum Gasteiger partial charge on any atom is 0.126 e. The second-order valence-corrected chi connectivity index (χ2v) is 5.56. The van der Waals surface area contributed by atoms with Crippen LogP contribution in [0.15, 0.2) is 24.3 Å². The van der Waals surface area contributed by atoms with Crippen LogP contribution in [0.1, 0.15) is 52.0 Å². The molecule has 17 heavy (non-hydrogen) atoms. The quantitative estimate of drug-likeness (QED) is 0.609. The Balaban J connectivity index is 2.24. The summed E-state index contributed by atoms with van der Waals surface area (Å²) in [6.07, 6.45) is 5.85. The Bertz CT molecular complexity index is 317. The fourth-order valence-electron chi connectivity index (χ4n) is 2.12. The van der Waals surface area contributed by atoms with Crippen molar-refractivity contribution in [2.45, 2.75) is 52.9 Å². The molecule has 0 fully saturated rings. The van der Waals surface area contributed by atoms with Crippen LogP contribution in [0, 0.1) is 17.7 Å². The van der Waals surface area contributed by atoms with E-state index in [9.17, 15) is 4.39 Å². The maximum absolute atomic E-state index is 13.4. The molecule has 96 valence electrons. The molecule has 1 aromatic carbocycles. The monoisotopic (exact) mass is 236 g/mol. The van der Waals surface area contributed by atoms with E-state index >= 15 is 0 Å². The van der Waals surface area contributed by atoms with Gasteiger partial charge in [-0.3, -0.25) is 0 Å². The Kier molecular flexibility index (Phi) is 6.25. The Morgan fingerprint density at radius 1 is 1.00 bits per heavy atom. The van der Waals surface area contributed by atoms with Crippen LogP contribution in [-0.4, -0.2) is 0 Å². The van der Waals surface area contributed by atoms with E-state index in [1.807, 2.05) is 12.1 Å². The van der Waals surface area contributed by atoms with E-state index in [-0.39, 0.29) is 5.82 Å². The molecule has 1 aromatic rings. The van der Waals surface area contributed by atoms with Gasteiger partial charge in [0.2, 0.25) is 0 Å². The topological polar surface area (TPSA) is 0 Å². The first-order valence-electron chi connectivity index (χ1n) is 6.83. The normalized spacial score (nSPS) is 13.0. The summed E-state index contributed by atoms with van der Waals surface area (Å²) >= 11 is 0. The highest BCUT2D eigenvalue weighted by Crippen LogP contribution is 2.18. The van der Waals surface area contributed by atoms with Gasteiger partial charge < -0.3 is 0 Å². The summed E-state index contributed by atoms with van der Waals surface area (Å²) in [5, 5.41) is 0. The van der Waals surface area contributed by atoms with Gasteiger partial charge in [0.15, 0.2) is 0 Å². The third kappa shape index (κ3) is 5.86. The highest BCUT2D eigenvalue weighted by atomic mass is 19.1. The van der Waals surface area contributed by atoms with E-state index in [2.05, 4.69) is 20.8 Å². The maximum atomic E-state index is 13.4. The summed E-state index contributed by atoms with van der Waals surface area (Å²) < 4.78 is 13.4. The van der Waals surface area contributed by atoms with E-state index in [0.717, 1.165) is 24.3 Å². The molecule has 1 atom stereocenters. The third-order valence-electron chi connectivity index (χ3n) is 3.34. The summed E-state index contributed by atoms with van der Waals surface area (Å²) in [5.41, 5.74) is 0.864. The molecule has 0 heterocycles. The lowest BCUT2D eigenvalue weighted by atomic mass is 9.94. The molecule has 0 nitrogen and oxygen atoms in total. The lowest BCUT2D eigenvalue weighted by molar-refractivity contribution is 0.434. The Morgan fingerprint density at radius 2 is 1.71 bits per heavy atom. The predicted molar refractivity (Wildman–Crippen MR) is 72.6 cm³/mol. The van der Waals surface area contributed by atoms with Gasteiger partial charge in [-0.1, -0.05) is 58.2 Å². The molecule has 0 radical (unpaired) electrons. The molecule has 1 unspecified atom stereocenters. The van der Waals surface area contributed by atoms with Gasteiger partial charge in [0, 0.05) is 0 Å². The molecule has 0 N–H and O–H groups in total. The fourth-order valence-corrected chi connectivity index (χ4v) is 2.12. The predicted octanol–water partition coefficient (Wildman–Crippen LogP) is 5.22. The van der Waals surface area contributed by atoms with E-state index in [4.69, 9.17) is 0 Å². The number of aryl methyl sites for hydroxylation is 1. The van der Waals surface area contributed by atoms with E-state index < -0.39 is 0 Å². The zero-order chi connectivity index (χ0) is 12.7. The Morgan fingerprint density at radius 3 is 2.35 bits per heavy atom. The number of rotatable bonds is 7. The van der Waals surface area contributed by atoms with Gasteiger partial charge in [-0.2, -0.15) is 0 Å². The summed E-state index contributed by atoms with van der Waals surface area (Å²) in [7, 11) is 0. The average molecular weight is 236 g/mol. The van der Waals surface area contributed by atoms with Crippen molar-refractivity contribution in [2.24, 2.45) is 11.8 Å². The van der Waals surface area contributed by atoms with Gasteiger partial charge in [0.1, 0.15) is 5.82 Å². The van der Waals surface area contributed by atoms with Crippen LogP contribution < -0.4 is 0 Å². The van der Waals surface area contributed by atoms with Crippen LogP contribution >= 0.6 is 0 Å². The zero-order valence-electron chi connectivity index (χ0n) is 11.4. The minimum absolute atomic E-state index is 0.0538. The highest BCUT2D eigenvalue weighted by Gasteiger charge is 2.06. The summed E-state index contributed by atoms with van der Waals surface area (Å²) in [6, 6.07) is 7.13. The van der Waals surface area contributed by atoms with Crippen molar-refractivity contribution in [1.82, 2.24) is 0 Å². The van der Waals surface area contributed by atoms with Gasteiger partial charge in [0.05, 0.1) is 0 Å². The van der Waals surface area contributed by atoms with E-state index in [0.29, 0.717) is 5.92 Å². The van der Waals surface area contributed by atoms with E-state index in [1.165, 1.54) is 19.3 Å². The van der Waals surface area contributed by atoms with Crippen molar-refractivity contribution in [3.63, 3.8) is 0 Å². The smallest absolute Gasteiger partial charge is 0.126 e. The molecule has 0 saturated carbocycles. The van der Waals surface area contributed by atoms with Crippen molar-refractivity contribution in [3.05, 3.63) is 35.6 Å². The van der Waals surface area contributed by atoms with Crippen molar-refractivity contribution < 1.29 is 4.39 Å². The number of hydrogen-bond donors (Lipinski definition) is 0. The van der Waals surface area contributed by atoms with Crippen molar-refractivity contribution in [3.8, 4) is 0 Å². The lowest BCUT2D eigenvalue weighted by Gasteiger charge is -2.12. The zero-order valence-corrected chi connectivity index (χ0v) is 11.4. The first kappa shape index (κ1) is 14.2. The molecule has 0 saturated heterocycles. The van der Waals surface area contributed by atoms with Crippen LogP contribution in [0.5, 0.6) is 0 Å². The van der Waals surface area contributed by atoms with Crippen LogP contribution in [0.4, 0.5) is 4.39 Å². The third-order valence-corrected chi connectivity index (χ3v) is 3.34. The molecule has 0 spiro atoms. The molecule has 0 aromatic heterocycles. The second-order valence-electron chi connectivity index (χ2n) is 5.56. The summed E-state index contributed by atoms with van der Waals surface area (Å²) in [4.78, 5) is 0. The largest absolute Gasteiger partial charge is 0.207 e. The van der Waals surface area contributed by atoms with Gasteiger partial charge >= 0.3 is 0 Å². The lowest BCUT2D eigenvalue weighted by Crippen LogP contribution is -2.00. The minimum atomic E-state index is -0.0538. The van der Waals surface area contributed by atoms with Crippen LogP contribution in [0.3, 0.4) is 0 Å². The number of halogens is 1. The first-order chi connectivity index (χ1) is 8.09. The Hall–Kier alpha value is -0.850. The highest BCUT2D eigenvalue weighted by molar-refractivity contribution is 5.17. The molecule has 1 rings (SSSR count). The molecule has 0 bridgehead atoms. The van der Waals surface area contributed by atoms with Crippen molar-refractivity contribution in [1.29, 1.82) is 0 Å². The average Bonchev–Trinajstić information content (AvgIpc) is 2.27. The number of benzene rings is 1.